The molecule has 3 heteroatoms. The lowest BCUT2D eigenvalue weighted by molar-refractivity contribution is -0.124. The molecule has 1 aliphatic heterocycles. The van der Waals surface area contributed by atoms with Gasteiger partial charge >= 0.3 is 0 Å². The number of carbonyl (C=O) groups is 1. The first kappa shape index (κ1) is 9.97. The Balaban J connectivity index is 2.11. The largest absolute Gasteiger partial charge is 0.369 e. The van der Waals surface area contributed by atoms with E-state index in [0.717, 1.165) is 19.0 Å². The summed E-state index contributed by atoms with van der Waals surface area (Å²) < 4.78 is 0. The molecule has 3 nitrogen and oxygen atoms in total. The molecule has 2 fully saturated rings. The average Bonchev–Trinajstić information content (AvgIpc) is 2.74. The summed E-state index contributed by atoms with van der Waals surface area (Å²) >= 11 is 0. The fourth-order valence-electron chi connectivity index (χ4n) is 3.30. The van der Waals surface area contributed by atoms with Crippen LogP contribution in [0.25, 0.3) is 0 Å². The van der Waals surface area contributed by atoms with Gasteiger partial charge in [0.2, 0.25) is 5.91 Å². The predicted octanol–water partition coefficient (Wildman–Crippen LogP) is 0.888. The molecule has 1 aliphatic carbocycles. The maximum atomic E-state index is 11.3. The van der Waals surface area contributed by atoms with Crippen LogP contribution in [0.5, 0.6) is 0 Å². The van der Waals surface area contributed by atoms with E-state index in [1.165, 1.54) is 25.7 Å². The zero-order chi connectivity index (χ0) is 10.2. The highest BCUT2D eigenvalue weighted by atomic mass is 16.1. The molecule has 3 atom stereocenters. The zero-order valence-electron chi connectivity index (χ0n) is 8.88. The van der Waals surface area contributed by atoms with Crippen molar-refractivity contribution in [1.82, 2.24) is 5.32 Å². The number of hydrogen-bond donors (Lipinski definition) is 2. The molecule has 1 spiro atoms. The van der Waals surface area contributed by atoms with Crippen LogP contribution in [0.15, 0.2) is 0 Å². The van der Waals surface area contributed by atoms with Crippen LogP contribution >= 0.6 is 0 Å². The summed E-state index contributed by atoms with van der Waals surface area (Å²) in [5.41, 5.74) is 5.68. The monoisotopic (exact) mass is 196 g/mol. The molecule has 0 aromatic rings. The highest BCUT2D eigenvalue weighted by Crippen LogP contribution is 2.49. The summed E-state index contributed by atoms with van der Waals surface area (Å²) in [4.78, 5) is 11.3. The standard InChI is InChI=1S/C11H20N2O/c1-2-8-3-4-11(5-8)7-13-6-9(11)10(12)14/h8-9,13H,2-7H2,1H3,(H2,12,14). The highest BCUT2D eigenvalue weighted by Gasteiger charge is 2.49. The minimum atomic E-state index is -0.105. The Morgan fingerprint density at radius 1 is 1.64 bits per heavy atom. The van der Waals surface area contributed by atoms with Crippen molar-refractivity contribution in [2.45, 2.75) is 32.6 Å². The molecule has 3 N–H and O–H groups in total. The number of amides is 1. The molecule has 1 heterocycles. The number of nitrogens with one attached hydrogen (secondary N) is 1. The van der Waals surface area contributed by atoms with Gasteiger partial charge in [0, 0.05) is 13.1 Å². The number of rotatable bonds is 2. The lowest BCUT2D eigenvalue weighted by Crippen LogP contribution is -2.36. The van der Waals surface area contributed by atoms with Gasteiger partial charge in [-0.25, -0.2) is 0 Å². The van der Waals surface area contributed by atoms with Crippen LogP contribution in [0.3, 0.4) is 0 Å². The Labute approximate surface area is 85.4 Å². The van der Waals surface area contributed by atoms with Gasteiger partial charge in [0.05, 0.1) is 5.92 Å². The van der Waals surface area contributed by atoms with Crippen LogP contribution in [0.1, 0.15) is 32.6 Å². The van der Waals surface area contributed by atoms with Crippen molar-refractivity contribution < 1.29 is 4.79 Å². The third-order valence-corrected chi connectivity index (χ3v) is 4.23. The predicted molar refractivity (Wildman–Crippen MR) is 55.6 cm³/mol. The fraction of sp³-hybridized carbons (Fsp3) is 0.909. The highest BCUT2D eigenvalue weighted by molar-refractivity contribution is 5.78. The molecule has 1 saturated carbocycles. The van der Waals surface area contributed by atoms with Crippen LogP contribution < -0.4 is 11.1 Å². The van der Waals surface area contributed by atoms with E-state index in [2.05, 4.69) is 12.2 Å². The quantitative estimate of drug-likeness (QED) is 0.689. The SMILES string of the molecule is CCC1CCC2(CNCC2C(N)=O)C1. The van der Waals surface area contributed by atoms with E-state index in [-0.39, 0.29) is 17.2 Å². The van der Waals surface area contributed by atoms with E-state index in [1.54, 1.807) is 0 Å². The van der Waals surface area contributed by atoms with Crippen molar-refractivity contribution in [2.24, 2.45) is 23.0 Å². The Kier molecular flexibility index (Phi) is 2.52. The molecule has 1 amide bonds. The second-order valence-electron chi connectivity index (χ2n) is 4.97. The summed E-state index contributed by atoms with van der Waals surface area (Å²) in [5, 5.41) is 3.33. The molecular weight excluding hydrogens is 176 g/mol. The maximum absolute atomic E-state index is 11.3. The normalized spacial score (nSPS) is 42.1. The van der Waals surface area contributed by atoms with Crippen LogP contribution in [0, 0.1) is 17.3 Å². The number of carbonyl (C=O) groups excluding carboxylic acids is 1. The summed E-state index contributed by atoms with van der Waals surface area (Å²) in [7, 11) is 0. The molecule has 1 saturated heterocycles. The van der Waals surface area contributed by atoms with E-state index in [0.29, 0.717) is 0 Å². The van der Waals surface area contributed by atoms with Crippen LogP contribution in [-0.2, 0) is 4.79 Å². The van der Waals surface area contributed by atoms with Gasteiger partial charge in [0.25, 0.3) is 0 Å². The Morgan fingerprint density at radius 3 is 3.00 bits per heavy atom. The van der Waals surface area contributed by atoms with E-state index in [9.17, 15) is 4.79 Å². The third-order valence-electron chi connectivity index (χ3n) is 4.23. The molecule has 2 aliphatic rings. The van der Waals surface area contributed by atoms with Crippen LogP contribution in [-0.4, -0.2) is 19.0 Å². The fourth-order valence-corrected chi connectivity index (χ4v) is 3.30. The Morgan fingerprint density at radius 2 is 2.43 bits per heavy atom. The summed E-state index contributed by atoms with van der Waals surface area (Å²) in [6.45, 7) is 4.04. The first-order valence-electron chi connectivity index (χ1n) is 5.68. The summed E-state index contributed by atoms with van der Waals surface area (Å²) in [5.74, 6) is 0.794. The molecule has 14 heavy (non-hydrogen) atoms. The lowest BCUT2D eigenvalue weighted by Gasteiger charge is -2.28. The maximum Gasteiger partial charge on any atom is 0.222 e. The molecule has 0 aromatic heterocycles. The Hall–Kier alpha value is -0.570. The van der Waals surface area contributed by atoms with Crippen LogP contribution in [0.4, 0.5) is 0 Å². The molecule has 3 unspecified atom stereocenters. The molecule has 0 radical (unpaired) electrons. The molecule has 80 valence electrons. The third kappa shape index (κ3) is 1.44. The van der Waals surface area contributed by atoms with Crippen molar-refractivity contribution in [3.63, 3.8) is 0 Å². The average molecular weight is 196 g/mol. The zero-order valence-corrected chi connectivity index (χ0v) is 8.88. The second-order valence-corrected chi connectivity index (χ2v) is 4.97. The molecule has 0 aromatic carbocycles. The van der Waals surface area contributed by atoms with Crippen molar-refractivity contribution >= 4 is 5.91 Å². The molecule has 0 bridgehead atoms. The second kappa shape index (κ2) is 3.54. The van der Waals surface area contributed by atoms with Gasteiger partial charge < -0.3 is 11.1 Å². The van der Waals surface area contributed by atoms with E-state index < -0.39 is 0 Å². The number of hydrogen-bond acceptors (Lipinski definition) is 2. The van der Waals surface area contributed by atoms with Crippen molar-refractivity contribution in [3.8, 4) is 0 Å². The molecule has 2 rings (SSSR count). The first-order valence-corrected chi connectivity index (χ1v) is 5.68. The van der Waals surface area contributed by atoms with Gasteiger partial charge in [0.1, 0.15) is 0 Å². The van der Waals surface area contributed by atoms with Crippen molar-refractivity contribution in [3.05, 3.63) is 0 Å². The first-order chi connectivity index (χ1) is 6.68. The van der Waals surface area contributed by atoms with Gasteiger partial charge in [-0.05, 0) is 30.6 Å². The van der Waals surface area contributed by atoms with Gasteiger partial charge in [0.15, 0.2) is 0 Å². The van der Waals surface area contributed by atoms with E-state index in [4.69, 9.17) is 5.73 Å². The minimum absolute atomic E-state index is 0.0825. The smallest absolute Gasteiger partial charge is 0.222 e. The number of nitrogens with two attached hydrogens (primary N) is 1. The Bertz CT molecular complexity index is 241. The van der Waals surface area contributed by atoms with Crippen molar-refractivity contribution in [2.75, 3.05) is 13.1 Å². The molecular formula is C11H20N2O. The van der Waals surface area contributed by atoms with Gasteiger partial charge in [-0.1, -0.05) is 13.3 Å². The van der Waals surface area contributed by atoms with Crippen molar-refractivity contribution in [1.29, 1.82) is 0 Å². The lowest BCUT2D eigenvalue weighted by atomic mass is 9.75. The van der Waals surface area contributed by atoms with Crippen LogP contribution in [0.2, 0.25) is 0 Å². The van der Waals surface area contributed by atoms with Gasteiger partial charge in [-0.15, -0.1) is 0 Å². The minimum Gasteiger partial charge on any atom is -0.369 e. The van der Waals surface area contributed by atoms with Gasteiger partial charge in [-0.2, -0.15) is 0 Å². The topological polar surface area (TPSA) is 55.1 Å². The van der Waals surface area contributed by atoms with E-state index >= 15 is 0 Å². The summed E-state index contributed by atoms with van der Waals surface area (Å²) in [6, 6.07) is 0. The van der Waals surface area contributed by atoms with Gasteiger partial charge in [-0.3, -0.25) is 4.79 Å². The van der Waals surface area contributed by atoms with E-state index in [1.807, 2.05) is 0 Å². The number of primary amides is 1. The summed E-state index contributed by atoms with van der Waals surface area (Å²) in [6.07, 6.45) is 4.91.